The summed E-state index contributed by atoms with van der Waals surface area (Å²) in [6, 6.07) is 10.9. The van der Waals surface area contributed by atoms with Gasteiger partial charge in [-0.05, 0) is 29.3 Å². The van der Waals surface area contributed by atoms with Crippen molar-refractivity contribution in [3.8, 4) is 5.88 Å². The summed E-state index contributed by atoms with van der Waals surface area (Å²) in [4.78, 5) is 30.2. The second kappa shape index (κ2) is 7.17. The third-order valence-electron chi connectivity index (χ3n) is 4.09. The molecule has 0 spiro atoms. The van der Waals surface area contributed by atoms with Crippen LogP contribution < -0.4 is 10.1 Å². The lowest BCUT2D eigenvalue weighted by molar-refractivity contribution is -0.129. The molecule has 2 aromatic rings. The highest BCUT2D eigenvalue weighted by Crippen LogP contribution is 2.33. The molecule has 0 saturated carbocycles. The van der Waals surface area contributed by atoms with Crippen molar-refractivity contribution >= 4 is 23.6 Å². The van der Waals surface area contributed by atoms with Gasteiger partial charge in [0.25, 0.3) is 0 Å². The predicted octanol–water partition coefficient (Wildman–Crippen LogP) is 2.99. The summed E-state index contributed by atoms with van der Waals surface area (Å²) >= 11 is 0. The van der Waals surface area contributed by atoms with Crippen LogP contribution in [0.3, 0.4) is 0 Å². The average Bonchev–Trinajstić information content (AvgIpc) is 2.62. The molecular weight excluding hydrogens is 318 g/mol. The van der Waals surface area contributed by atoms with Crippen molar-refractivity contribution in [3.05, 3.63) is 59.9 Å². The highest BCUT2D eigenvalue weighted by Gasteiger charge is 2.28. The molecule has 1 aliphatic rings. The number of pyridine rings is 1. The fourth-order valence-corrected chi connectivity index (χ4v) is 2.94. The number of anilines is 1. The summed E-state index contributed by atoms with van der Waals surface area (Å²) in [5.41, 5.74) is 2.47. The van der Waals surface area contributed by atoms with Crippen molar-refractivity contribution in [2.75, 3.05) is 12.4 Å². The van der Waals surface area contributed by atoms with E-state index in [2.05, 4.69) is 10.3 Å². The smallest absolute Gasteiger partial charge is 0.237 e. The number of aromatic nitrogens is 1. The first-order valence-electron chi connectivity index (χ1n) is 7.95. The molecule has 0 saturated heterocycles. The summed E-state index contributed by atoms with van der Waals surface area (Å²) < 4.78 is 5.15. The van der Waals surface area contributed by atoms with Gasteiger partial charge in [-0.25, -0.2) is 4.98 Å². The number of fused-ring (bicyclic) bond motifs is 1. The highest BCUT2D eigenvalue weighted by atomic mass is 16.5. The van der Waals surface area contributed by atoms with Crippen LogP contribution in [-0.2, 0) is 9.59 Å². The van der Waals surface area contributed by atoms with Crippen molar-refractivity contribution in [3.63, 3.8) is 0 Å². The number of hydrogen-bond donors (Lipinski definition) is 1. The monoisotopic (exact) mass is 337 g/mol. The molecule has 1 aromatic heterocycles. The van der Waals surface area contributed by atoms with Crippen LogP contribution in [0.2, 0.25) is 0 Å². The Morgan fingerprint density at radius 3 is 2.80 bits per heavy atom. The van der Waals surface area contributed by atoms with Gasteiger partial charge in [0.15, 0.2) is 0 Å². The number of carbonyl (C=O) groups excluding carboxylic acids is 2. The SMILES string of the molecule is COc1ncccc1NC(=O)C[C@H]1c2ccccc2C=CN1C(C)=O. The lowest BCUT2D eigenvalue weighted by Crippen LogP contribution is -2.33. The number of methoxy groups -OCH3 is 1. The maximum absolute atomic E-state index is 12.6. The lowest BCUT2D eigenvalue weighted by Gasteiger charge is -2.32. The summed E-state index contributed by atoms with van der Waals surface area (Å²) in [6.45, 7) is 1.49. The van der Waals surface area contributed by atoms with E-state index in [1.807, 2.05) is 30.3 Å². The van der Waals surface area contributed by atoms with Gasteiger partial charge in [0, 0.05) is 19.3 Å². The molecule has 0 bridgehead atoms. The largest absolute Gasteiger partial charge is 0.480 e. The van der Waals surface area contributed by atoms with Crippen LogP contribution in [0.25, 0.3) is 6.08 Å². The second-order valence-electron chi connectivity index (χ2n) is 5.70. The summed E-state index contributed by atoms with van der Waals surface area (Å²) in [5.74, 6) is 0.0263. The summed E-state index contributed by atoms with van der Waals surface area (Å²) in [7, 11) is 1.50. The van der Waals surface area contributed by atoms with E-state index >= 15 is 0 Å². The number of nitrogens with one attached hydrogen (secondary N) is 1. The van der Waals surface area contributed by atoms with Gasteiger partial charge in [0.05, 0.1) is 19.6 Å². The molecule has 6 nitrogen and oxygen atoms in total. The molecule has 1 aliphatic heterocycles. The number of ether oxygens (including phenoxy) is 1. The first-order valence-corrected chi connectivity index (χ1v) is 7.95. The van der Waals surface area contributed by atoms with E-state index in [0.29, 0.717) is 11.6 Å². The third-order valence-corrected chi connectivity index (χ3v) is 4.09. The molecule has 2 heterocycles. The number of nitrogens with zero attached hydrogens (tertiary/aromatic N) is 2. The number of rotatable bonds is 4. The fourth-order valence-electron chi connectivity index (χ4n) is 2.94. The van der Waals surface area contributed by atoms with Crippen LogP contribution in [0.4, 0.5) is 5.69 Å². The molecule has 25 heavy (non-hydrogen) atoms. The summed E-state index contributed by atoms with van der Waals surface area (Å²) in [5, 5.41) is 2.81. The quantitative estimate of drug-likeness (QED) is 0.931. The normalized spacial score (nSPS) is 15.4. The molecule has 1 aromatic carbocycles. The Kier molecular flexibility index (Phi) is 4.79. The Morgan fingerprint density at radius 1 is 1.24 bits per heavy atom. The highest BCUT2D eigenvalue weighted by molar-refractivity contribution is 5.93. The molecule has 0 radical (unpaired) electrons. The molecule has 1 N–H and O–H groups in total. The van der Waals surface area contributed by atoms with Crippen molar-refractivity contribution in [2.24, 2.45) is 0 Å². The van der Waals surface area contributed by atoms with Crippen LogP contribution in [0.1, 0.15) is 30.5 Å². The van der Waals surface area contributed by atoms with Crippen LogP contribution in [-0.4, -0.2) is 28.8 Å². The first kappa shape index (κ1) is 16.7. The average molecular weight is 337 g/mol. The van der Waals surface area contributed by atoms with Gasteiger partial charge in [-0.3, -0.25) is 9.59 Å². The van der Waals surface area contributed by atoms with E-state index in [0.717, 1.165) is 11.1 Å². The van der Waals surface area contributed by atoms with E-state index in [-0.39, 0.29) is 24.3 Å². The minimum absolute atomic E-state index is 0.109. The number of hydrogen-bond acceptors (Lipinski definition) is 4. The summed E-state index contributed by atoms with van der Waals surface area (Å²) in [6.07, 6.45) is 5.34. The standard InChI is InChI=1S/C19H19N3O3/c1-13(23)22-11-9-14-6-3-4-7-15(14)17(22)12-18(24)21-16-8-5-10-20-19(16)25-2/h3-11,17H,12H2,1-2H3,(H,21,24)/t17-/m0/s1. The topological polar surface area (TPSA) is 71.5 Å². The first-order chi connectivity index (χ1) is 12.1. The minimum Gasteiger partial charge on any atom is -0.480 e. The predicted molar refractivity (Wildman–Crippen MR) is 94.8 cm³/mol. The Labute approximate surface area is 146 Å². The molecule has 0 fully saturated rings. The Morgan fingerprint density at radius 2 is 2.04 bits per heavy atom. The van der Waals surface area contributed by atoms with Crippen molar-refractivity contribution in [1.29, 1.82) is 0 Å². The third kappa shape index (κ3) is 3.52. The Hall–Kier alpha value is -3.15. The zero-order valence-corrected chi connectivity index (χ0v) is 14.1. The molecule has 128 valence electrons. The van der Waals surface area contributed by atoms with E-state index in [1.54, 1.807) is 29.4 Å². The Bertz CT molecular complexity index is 832. The van der Waals surface area contributed by atoms with Crippen LogP contribution in [0.15, 0.2) is 48.8 Å². The number of carbonyl (C=O) groups is 2. The maximum Gasteiger partial charge on any atom is 0.237 e. The zero-order valence-electron chi connectivity index (χ0n) is 14.1. The van der Waals surface area contributed by atoms with Gasteiger partial charge in [0.2, 0.25) is 17.7 Å². The molecule has 1 atom stereocenters. The number of benzene rings is 1. The van der Waals surface area contributed by atoms with Crippen molar-refractivity contribution < 1.29 is 14.3 Å². The van der Waals surface area contributed by atoms with Gasteiger partial charge in [-0.1, -0.05) is 24.3 Å². The van der Waals surface area contributed by atoms with Crippen LogP contribution in [0, 0.1) is 0 Å². The molecule has 6 heteroatoms. The van der Waals surface area contributed by atoms with Gasteiger partial charge in [0.1, 0.15) is 5.69 Å². The Balaban J connectivity index is 1.83. The molecule has 0 unspecified atom stereocenters. The molecular formula is C19H19N3O3. The lowest BCUT2D eigenvalue weighted by atomic mass is 9.93. The maximum atomic E-state index is 12.6. The number of amides is 2. The van der Waals surface area contributed by atoms with Gasteiger partial charge in [-0.15, -0.1) is 0 Å². The van der Waals surface area contributed by atoms with E-state index < -0.39 is 0 Å². The van der Waals surface area contributed by atoms with Crippen molar-refractivity contribution in [1.82, 2.24) is 9.88 Å². The van der Waals surface area contributed by atoms with Crippen LogP contribution >= 0.6 is 0 Å². The van der Waals surface area contributed by atoms with E-state index in [1.165, 1.54) is 14.0 Å². The van der Waals surface area contributed by atoms with E-state index in [9.17, 15) is 9.59 Å². The van der Waals surface area contributed by atoms with Crippen LogP contribution in [0.5, 0.6) is 5.88 Å². The van der Waals surface area contributed by atoms with E-state index in [4.69, 9.17) is 4.74 Å². The second-order valence-corrected chi connectivity index (χ2v) is 5.70. The van der Waals surface area contributed by atoms with Gasteiger partial charge >= 0.3 is 0 Å². The fraction of sp³-hybridized carbons (Fsp3) is 0.211. The van der Waals surface area contributed by atoms with Gasteiger partial charge < -0.3 is 15.0 Å². The molecule has 0 aliphatic carbocycles. The zero-order chi connectivity index (χ0) is 17.8. The van der Waals surface area contributed by atoms with Crippen molar-refractivity contribution in [2.45, 2.75) is 19.4 Å². The molecule has 3 rings (SSSR count). The van der Waals surface area contributed by atoms with Gasteiger partial charge in [-0.2, -0.15) is 0 Å². The minimum atomic E-state index is -0.346. The molecule has 2 amide bonds.